The van der Waals surface area contributed by atoms with E-state index in [4.69, 9.17) is 11.6 Å². The third-order valence-corrected chi connectivity index (χ3v) is 2.18. The molecule has 0 amide bonds. The molecule has 1 rings (SSSR count). The quantitative estimate of drug-likeness (QED) is 0.652. The maximum absolute atomic E-state index is 12.9. The first-order chi connectivity index (χ1) is 6.32. The van der Waals surface area contributed by atoms with Crippen molar-refractivity contribution in [3.05, 3.63) is 34.6 Å². The summed E-state index contributed by atoms with van der Waals surface area (Å²) in [5.74, 6) is -0.594. The van der Waals surface area contributed by atoms with Crippen LogP contribution < -0.4 is 0 Å². The number of Topliss-reactive ketones (excluding diaryl/α,β-unsaturated/α-hetero) is 1. The lowest BCUT2D eigenvalue weighted by Crippen LogP contribution is -2.20. The number of benzene rings is 1. The molecule has 14 heavy (non-hydrogen) atoms. The van der Waals surface area contributed by atoms with Crippen LogP contribution in [0.2, 0.25) is 5.02 Å². The number of rotatable bonds is 1. The van der Waals surface area contributed by atoms with E-state index in [1.165, 1.54) is 18.2 Å². The fourth-order valence-corrected chi connectivity index (χ4v) is 1.28. The van der Waals surface area contributed by atoms with Gasteiger partial charge in [0, 0.05) is 11.0 Å². The van der Waals surface area contributed by atoms with Crippen molar-refractivity contribution in [1.29, 1.82) is 0 Å². The molecule has 0 atom stereocenters. The van der Waals surface area contributed by atoms with Crippen LogP contribution in [0.15, 0.2) is 18.2 Å². The van der Waals surface area contributed by atoms with E-state index < -0.39 is 11.2 Å². The molecule has 0 fully saturated rings. The van der Waals surface area contributed by atoms with Crippen LogP contribution in [0.3, 0.4) is 0 Å². The first-order valence-electron chi connectivity index (χ1n) is 4.32. The predicted octanol–water partition coefficient (Wildman–Crippen LogP) is 3.71. The smallest absolute Gasteiger partial charge is 0.169 e. The zero-order chi connectivity index (χ0) is 10.9. The molecule has 0 heterocycles. The second-order valence-electron chi connectivity index (χ2n) is 4.20. The number of ketones is 1. The van der Waals surface area contributed by atoms with Crippen LogP contribution in [0, 0.1) is 11.2 Å². The minimum Gasteiger partial charge on any atom is -0.294 e. The fourth-order valence-electron chi connectivity index (χ4n) is 1.08. The summed E-state index contributed by atoms with van der Waals surface area (Å²) in [6, 6.07) is 3.81. The standard InChI is InChI=1S/C11H12ClFO/c1-11(2,3)10(14)8-6-7(13)4-5-9(8)12/h4-6H,1-3H3. The molecule has 0 aliphatic carbocycles. The van der Waals surface area contributed by atoms with E-state index in [1.807, 2.05) is 0 Å². The van der Waals surface area contributed by atoms with Gasteiger partial charge < -0.3 is 0 Å². The van der Waals surface area contributed by atoms with Crippen molar-refractivity contribution in [2.45, 2.75) is 20.8 Å². The first-order valence-corrected chi connectivity index (χ1v) is 4.70. The molecular weight excluding hydrogens is 203 g/mol. The van der Waals surface area contributed by atoms with Crippen molar-refractivity contribution < 1.29 is 9.18 Å². The normalized spacial score (nSPS) is 11.5. The van der Waals surface area contributed by atoms with Crippen LogP contribution >= 0.6 is 11.6 Å². The number of halogens is 2. The molecule has 3 heteroatoms. The zero-order valence-electron chi connectivity index (χ0n) is 8.40. The summed E-state index contributed by atoms with van der Waals surface area (Å²) < 4.78 is 12.9. The maximum atomic E-state index is 12.9. The summed E-state index contributed by atoms with van der Waals surface area (Å²) in [4.78, 5) is 11.8. The molecule has 1 nitrogen and oxygen atoms in total. The van der Waals surface area contributed by atoms with Gasteiger partial charge >= 0.3 is 0 Å². The van der Waals surface area contributed by atoms with Crippen LogP contribution in [-0.2, 0) is 0 Å². The van der Waals surface area contributed by atoms with Gasteiger partial charge in [-0.3, -0.25) is 4.79 Å². The minimum absolute atomic E-state index is 0.151. The van der Waals surface area contributed by atoms with Crippen LogP contribution in [-0.4, -0.2) is 5.78 Å². The zero-order valence-corrected chi connectivity index (χ0v) is 9.15. The van der Waals surface area contributed by atoms with Gasteiger partial charge in [-0.25, -0.2) is 4.39 Å². The molecule has 0 aliphatic rings. The highest BCUT2D eigenvalue weighted by Gasteiger charge is 2.24. The Morgan fingerprint density at radius 3 is 2.43 bits per heavy atom. The van der Waals surface area contributed by atoms with Gasteiger partial charge in [0.2, 0.25) is 0 Å². The van der Waals surface area contributed by atoms with Crippen molar-refractivity contribution in [2.24, 2.45) is 5.41 Å². The first kappa shape index (κ1) is 11.2. The van der Waals surface area contributed by atoms with E-state index >= 15 is 0 Å². The summed E-state index contributed by atoms with van der Waals surface area (Å²) in [6.45, 7) is 5.32. The third-order valence-electron chi connectivity index (χ3n) is 1.85. The van der Waals surface area contributed by atoms with Gasteiger partial charge in [0.15, 0.2) is 5.78 Å². The lowest BCUT2D eigenvalue weighted by Gasteiger charge is -2.17. The maximum Gasteiger partial charge on any atom is 0.169 e. The largest absolute Gasteiger partial charge is 0.294 e. The molecule has 1 aromatic carbocycles. The average Bonchev–Trinajstić information content (AvgIpc) is 2.06. The lowest BCUT2D eigenvalue weighted by atomic mass is 9.86. The molecule has 0 saturated heterocycles. The number of carbonyl (C=O) groups is 1. The summed E-state index contributed by atoms with van der Waals surface area (Å²) in [5.41, 5.74) is -0.295. The van der Waals surface area contributed by atoms with Crippen molar-refractivity contribution in [1.82, 2.24) is 0 Å². The highest BCUT2D eigenvalue weighted by Crippen LogP contribution is 2.26. The van der Waals surface area contributed by atoms with Gasteiger partial charge in [0.1, 0.15) is 5.82 Å². The van der Waals surface area contributed by atoms with Crippen LogP contribution in [0.4, 0.5) is 4.39 Å². The van der Waals surface area contributed by atoms with Gasteiger partial charge in [0.25, 0.3) is 0 Å². The molecule has 0 saturated carbocycles. The van der Waals surface area contributed by atoms with Gasteiger partial charge in [-0.05, 0) is 18.2 Å². The molecule has 0 N–H and O–H groups in total. The van der Waals surface area contributed by atoms with Crippen molar-refractivity contribution in [3.8, 4) is 0 Å². The van der Waals surface area contributed by atoms with Gasteiger partial charge in [-0.1, -0.05) is 32.4 Å². The molecule has 0 unspecified atom stereocenters. The molecule has 1 aromatic rings. The van der Waals surface area contributed by atoms with Crippen molar-refractivity contribution in [3.63, 3.8) is 0 Å². The Morgan fingerprint density at radius 2 is 1.93 bits per heavy atom. The monoisotopic (exact) mass is 214 g/mol. The SMILES string of the molecule is CC(C)(C)C(=O)c1cc(F)ccc1Cl. The van der Waals surface area contributed by atoms with Crippen LogP contribution in [0.25, 0.3) is 0 Å². The van der Waals surface area contributed by atoms with E-state index in [2.05, 4.69) is 0 Å². The van der Waals surface area contributed by atoms with E-state index in [-0.39, 0.29) is 11.3 Å². The van der Waals surface area contributed by atoms with Crippen molar-refractivity contribution >= 4 is 17.4 Å². The van der Waals surface area contributed by atoms with Crippen LogP contribution in [0.1, 0.15) is 31.1 Å². The van der Waals surface area contributed by atoms with Gasteiger partial charge in [-0.2, -0.15) is 0 Å². The molecule has 0 radical (unpaired) electrons. The Morgan fingerprint density at radius 1 is 1.36 bits per heavy atom. The summed E-state index contributed by atoms with van der Waals surface area (Å²) >= 11 is 5.81. The number of carbonyl (C=O) groups excluding carboxylic acids is 1. The summed E-state index contributed by atoms with van der Waals surface area (Å²) in [7, 11) is 0. The Hall–Kier alpha value is -0.890. The topological polar surface area (TPSA) is 17.1 Å². The molecule has 0 bridgehead atoms. The third kappa shape index (κ3) is 2.32. The Kier molecular flexibility index (Phi) is 2.95. The minimum atomic E-state index is -0.544. The summed E-state index contributed by atoms with van der Waals surface area (Å²) in [6.07, 6.45) is 0. The van der Waals surface area contributed by atoms with E-state index in [0.717, 1.165) is 0 Å². The average molecular weight is 215 g/mol. The van der Waals surface area contributed by atoms with Gasteiger partial charge in [0.05, 0.1) is 5.02 Å². The molecule has 0 aromatic heterocycles. The van der Waals surface area contributed by atoms with E-state index in [9.17, 15) is 9.18 Å². The van der Waals surface area contributed by atoms with Crippen molar-refractivity contribution in [2.75, 3.05) is 0 Å². The molecular formula is C11H12ClFO. The second kappa shape index (κ2) is 3.70. The Balaban J connectivity index is 3.19. The molecule has 0 spiro atoms. The second-order valence-corrected chi connectivity index (χ2v) is 4.61. The lowest BCUT2D eigenvalue weighted by molar-refractivity contribution is 0.0858. The molecule has 0 aliphatic heterocycles. The van der Waals surface area contributed by atoms with E-state index in [1.54, 1.807) is 20.8 Å². The number of hydrogen-bond acceptors (Lipinski definition) is 1. The Labute approximate surface area is 87.9 Å². The molecule has 76 valence electrons. The Bertz CT molecular complexity index is 366. The summed E-state index contributed by atoms with van der Waals surface area (Å²) in [5, 5.41) is 0.298. The fraction of sp³-hybridized carbons (Fsp3) is 0.364. The van der Waals surface area contributed by atoms with E-state index in [0.29, 0.717) is 5.02 Å². The predicted molar refractivity (Wildman–Crippen MR) is 55.2 cm³/mol. The highest BCUT2D eigenvalue weighted by atomic mass is 35.5. The van der Waals surface area contributed by atoms with Crippen LogP contribution in [0.5, 0.6) is 0 Å². The number of hydrogen-bond donors (Lipinski definition) is 0. The highest BCUT2D eigenvalue weighted by molar-refractivity contribution is 6.34. The van der Waals surface area contributed by atoms with Gasteiger partial charge in [-0.15, -0.1) is 0 Å².